The molecule has 1 N–H and O–H groups in total. The van der Waals surface area contributed by atoms with Crippen molar-refractivity contribution in [1.82, 2.24) is 15.0 Å². The number of halogens is 2. The fourth-order valence-corrected chi connectivity index (χ4v) is 2.50. The van der Waals surface area contributed by atoms with Crippen LogP contribution in [-0.2, 0) is 9.53 Å². The quantitative estimate of drug-likeness (QED) is 0.659. The first kappa shape index (κ1) is 19.5. The summed E-state index contributed by atoms with van der Waals surface area (Å²) in [5.41, 5.74) is 0.948. The number of hydrogen-bond acceptors (Lipinski definition) is 5. The highest BCUT2D eigenvalue weighted by molar-refractivity contribution is 6.30. The number of esters is 1. The van der Waals surface area contributed by atoms with Crippen LogP contribution in [0.5, 0.6) is 0 Å². The molecule has 3 rings (SSSR count). The fraction of sp³-hybridized carbons (Fsp3) is 0.158. The van der Waals surface area contributed by atoms with Gasteiger partial charge in [-0.2, -0.15) is 9.90 Å². The van der Waals surface area contributed by atoms with Crippen LogP contribution < -0.4 is 5.32 Å². The van der Waals surface area contributed by atoms with Crippen LogP contribution in [0.4, 0.5) is 10.1 Å². The molecule has 0 bridgehead atoms. The second kappa shape index (κ2) is 8.18. The predicted octanol–water partition coefficient (Wildman–Crippen LogP) is 3.55. The molecule has 1 heterocycles. The van der Waals surface area contributed by atoms with Crippen molar-refractivity contribution in [1.29, 1.82) is 0 Å². The number of hydrogen-bond donors (Lipinski definition) is 1. The van der Waals surface area contributed by atoms with E-state index in [-0.39, 0.29) is 16.4 Å². The summed E-state index contributed by atoms with van der Waals surface area (Å²) in [4.78, 5) is 25.9. The van der Waals surface area contributed by atoms with Gasteiger partial charge < -0.3 is 10.1 Å². The van der Waals surface area contributed by atoms with Crippen LogP contribution in [0.1, 0.15) is 23.1 Å². The molecule has 0 spiro atoms. The van der Waals surface area contributed by atoms with Crippen LogP contribution in [-0.4, -0.2) is 33.0 Å². The third kappa shape index (κ3) is 4.34. The Morgan fingerprint density at radius 3 is 2.57 bits per heavy atom. The lowest BCUT2D eigenvalue weighted by Gasteiger charge is -2.13. The van der Waals surface area contributed by atoms with E-state index in [1.54, 1.807) is 19.1 Å². The van der Waals surface area contributed by atoms with Gasteiger partial charge in [0.15, 0.2) is 11.8 Å². The van der Waals surface area contributed by atoms with Gasteiger partial charge in [-0.05, 0) is 44.2 Å². The van der Waals surface area contributed by atoms with Gasteiger partial charge in [0.05, 0.1) is 17.1 Å². The number of carbonyl (C=O) groups excluding carboxylic acids is 2. The summed E-state index contributed by atoms with van der Waals surface area (Å²) >= 11 is 5.68. The van der Waals surface area contributed by atoms with Crippen molar-refractivity contribution >= 4 is 29.2 Å². The van der Waals surface area contributed by atoms with E-state index in [0.717, 1.165) is 6.07 Å². The summed E-state index contributed by atoms with van der Waals surface area (Å²) in [5, 5.41) is 10.9. The van der Waals surface area contributed by atoms with Gasteiger partial charge in [-0.3, -0.25) is 4.79 Å². The second-order valence-corrected chi connectivity index (χ2v) is 6.36. The van der Waals surface area contributed by atoms with E-state index in [1.165, 1.54) is 23.9 Å². The van der Waals surface area contributed by atoms with Gasteiger partial charge in [0, 0.05) is 5.02 Å². The van der Waals surface area contributed by atoms with E-state index in [4.69, 9.17) is 16.3 Å². The molecule has 3 aromatic rings. The highest BCUT2D eigenvalue weighted by atomic mass is 35.5. The third-order valence-corrected chi connectivity index (χ3v) is 4.04. The summed E-state index contributed by atoms with van der Waals surface area (Å²) in [6.07, 6.45) is -1.18. The van der Waals surface area contributed by atoms with Crippen LogP contribution >= 0.6 is 11.6 Å². The standard InChI is InChI=1S/C19H16ClFN4O3/c1-11-17(24-25(23-11)14-6-4-3-5-7-14)19(27)28-12(2)18(26)22-16-9-8-13(20)10-15(16)21/h3-10,12H,1-2H3,(H,22,26)/t12-/m0/s1. The molecule has 0 unspecified atom stereocenters. The SMILES string of the molecule is Cc1nn(-c2ccccc2)nc1C(=O)O[C@@H](C)C(=O)Nc1ccc(Cl)cc1F. The molecular formula is C19H16ClFN4O3. The monoisotopic (exact) mass is 402 g/mol. The van der Waals surface area contributed by atoms with Gasteiger partial charge in [0.25, 0.3) is 5.91 Å². The predicted molar refractivity (Wildman–Crippen MR) is 101 cm³/mol. The Labute approximate surface area is 165 Å². The summed E-state index contributed by atoms with van der Waals surface area (Å²) in [5.74, 6) is -2.19. The van der Waals surface area contributed by atoms with Crippen molar-refractivity contribution < 1.29 is 18.7 Å². The Kier molecular flexibility index (Phi) is 5.70. The summed E-state index contributed by atoms with van der Waals surface area (Å²) < 4.78 is 18.9. The van der Waals surface area contributed by atoms with E-state index in [1.807, 2.05) is 18.2 Å². The zero-order valence-corrected chi connectivity index (χ0v) is 15.8. The van der Waals surface area contributed by atoms with E-state index < -0.39 is 23.8 Å². The molecule has 0 saturated carbocycles. The van der Waals surface area contributed by atoms with E-state index in [2.05, 4.69) is 15.5 Å². The molecule has 0 fully saturated rings. The van der Waals surface area contributed by atoms with Crippen molar-refractivity contribution in [3.8, 4) is 5.69 Å². The van der Waals surface area contributed by atoms with Crippen LogP contribution in [0, 0.1) is 12.7 Å². The maximum absolute atomic E-state index is 13.8. The number of rotatable bonds is 5. The van der Waals surface area contributed by atoms with Gasteiger partial charge in [0.1, 0.15) is 5.82 Å². The number of ether oxygens (including phenoxy) is 1. The number of benzene rings is 2. The first-order chi connectivity index (χ1) is 13.3. The molecule has 1 amide bonds. The van der Waals surface area contributed by atoms with E-state index in [9.17, 15) is 14.0 Å². The molecular weight excluding hydrogens is 387 g/mol. The zero-order chi connectivity index (χ0) is 20.3. The Bertz CT molecular complexity index is 1020. The molecule has 7 nitrogen and oxygen atoms in total. The normalized spacial score (nSPS) is 11.7. The largest absolute Gasteiger partial charge is 0.448 e. The Morgan fingerprint density at radius 2 is 1.89 bits per heavy atom. The summed E-state index contributed by atoms with van der Waals surface area (Å²) in [7, 11) is 0. The maximum atomic E-state index is 13.8. The average Bonchev–Trinajstić information content (AvgIpc) is 3.06. The number of aryl methyl sites for hydroxylation is 1. The number of para-hydroxylation sites is 1. The zero-order valence-electron chi connectivity index (χ0n) is 15.0. The Balaban J connectivity index is 1.68. The van der Waals surface area contributed by atoms with Gasteiger partial charge in [0.2, 0.25) is 0 Å². The molecule has 9 heteroatoms. The van der Waals surface area contributed by atoms with Crippen LogP contribution in [0.25, 0.3) is 5.69 Å². The first-order valence-electron chi connectivity index (χ1n) is 8.31. The third-order valence-electron chi connectivity index (χ3n) is 3.80. The molecule has 28 heavy (non-hydrogen) atoms. The maximum Gasteiger partial charge on any atom is 0.361 e. The molecule has 0 radical (unpaired) electrons. The highest BCUT2D eigenvalue weighted by Gasteiger charge is 2.24. The van der Waals surface area contributed by atoms with Crippen molar-refractivity contribution in [3.63, 3.8) is 0 Å². The van der Waals surface area contributed by atoms with Crippen LogP contribution in [0.2, 0.25) is 5.02 Å². The fourth-order valence-electron chi connectivity index (χ4n) is 2.34. The second-order valence-electron chi connectivity index (χ2n) is 5.92. The van der Waals surface area contributed by atoms with Gasteiger partial charge in [-0.15, -0.1) is 5.10 Å². The van der Waals surface area contributed by atoms with E-state index in [0.29, 0.717) is 11.4 Å². The molecule has 0 aliphatic rings. The first-order valence-corrected chi connectivity index (χ1v) is 8.69. The number of carbonyl (C=O) groups is 2. The Hall–Kier alpha value is -3.26. The van der Waals surface area contributed by atoms with Crippen molar-refractivity contribution in [2.45, 2.75) is 20.0 Å². The molecule has 1 aromatic heterocycles. The Morgan fingerprint density at radius 1 is 1.18 bits per heavy atom. The minimum atomic E-state index is -1.18. The lowest BCUT2D eigenvalue weighted by molar-refractivity contribution is -0.123. The lowest BCUT2D eigenvalue weighted by atomic mass is 10.2. The number of anilines is 1. The van der Waals surface area contributed by atoms with Gasteiger partial charge in [-0.25, -0.2) is 9.18 Å². The smallest absolute Gasteiger partial charge is 0.361 e. The molecule has 1 atom stereocenters. The average molecular weight is 403 g/mol. The molecule has 0 aliphatic heterocycles. The highest BCUT2D eigenvalue weighted by Crippen LogP contribution is 2.19. The minimum Gasteiger partial charge on any atom is -0.448 e. The lowest BCUT2D eigenvalue weighted by Crippen LogP contribution is -2.30. The number of aromatic nitrogens is 3. The number of amides is 1. The van der Waals surface area contributed by atoms with Crippen molar-refractivity contribution in [3.05, 3.63) is 70.8 Å². The van der Waals surface area contributed by atoms with Gasteiger partial charge in [-0.1, -0.05) is 29.8 Å². The molecule has 0 saturated heterocycles. The molecule has 144 valence electrons. The van der Waals surface area contributed by atoms with Crippen molar-refractivity contribution in [2.24, 2.45) is 0 Å². The minimum absolute atomic E-state index is 0.0128. The molecule has 0 aliphatic carbocycles. The van der Waals surface area contributed by atoms with Crippen molar-refractivity contribution in [2.75, 3.05) is 5.32 Å². The summed E-state index contributed by atoms with van der Waals surface area (Å²) in [6, 6.07) is 12.9. The molecule has 2 aromatic carbocycles. The topological polar surface area (TPSA) is 86.1 Å². The van der Waals surface area contributed by atoms with Gasteiger partial charge >= 0.3 is 5.97 Å². The number of nitrogens with one attached hydrogen (secondary N) is 1. The number of nitrogens with zero attached hydrogens (tertiary/aromatic N) is 3. The summed E-state index contributed by atoms with van der Waals surface area (Å²) in [6.45, 7) is 2.98. The van der Waals surface area contributed by atoms with Crippen LogP contribution in [0.3, 0.4) is 0 Å². The van der Waals surface area contributed by atoms with Crippen LogP contribution in [0.15, 0.2) is 48.5 Å². The van der Waals surface area contributed by atoms with E-state index >= 15 is 0 Å².